The highest BCUT2D eigenvalue weighted by atomic mass is 32.2. The van der Waals surface area contributed by atoms with Crippen LogP contribution in [0.3, 0.4) is 0 Å². The van der Waals surface area contributed by atoms with Gasteiger partial charge in [0.15, 0.2) is 0 Å². The first-order chi connectivity index (χ1) is 15.3. The van der Waals surface area contributed by atoms with Gasteiger partial charge in [-0.3, -0.25) is 9.52 Å². The number of carbonyl (C=O) groups is 1. The van der Waals surface area contributed by atoms with Crippen molar-refractivity contribution < 1.29 is 22.7 Å². The summed E-state index contributed by atoms with van der Waals surface area (Å²) in [6.45, 7) is 2.25. The van der Waals surface area contributed by atoms with E-state index in [9.17, 15) is 13.2 Å². The van der Waals surface area contributed by atoms with Crippen LogP contribution in [0.4, 0.5) is 11.4 Å². The van der Waals surface area contributed by atoms with Crippen LogP contribution in [0.15, 0.2) is 42.5 Å². The smallest absolute Gasteiger partial charge is 0.241 e. The van der Waals surface area contributed by atoms with E-state index in [1.807, 2.05) is 12.1 Å². The molecular weight excluding hydrogens is 430 g/mol. The summed E-state index contributed by atoms with van der Waals surface area (Å²) >= 11 is 0. The fourth-order valence-electron chi connectivity index (χ4n) is 3.71. The zero-order valence-corrected chi connectivity index (χ0v) is 19.7. The molecule has 9 heteroatoms. The van der Waals surface area contributed by atoms with Crippen LogP contribution in [-0.4, -0.2) is 59.3 Å². The number of methoxy groups -OCH3 is 2. The van der Waals surface area contributed by atoms with Gasteiger partial charge in [0.05, 0.1) is 14.2 Å². The first kappa shape index (κ1) is 23.7. The maximum atomic E-state index is 12.6. The molecule has 0 aliphatic carbocycles. The maximum absolute atomic E-state index is 12.6. The predicted molar refractivity (Wildman–Crippen MR) is 126 cm³/mol. The van der Waals surface area contributed by atoms with E-state index in [-0.39, 0.29) is 6.54 Å². The van der Waals surface area contributed by atoms with Gasteiger partial charge in [-0.15, -0.1) is 0 Å². The van der Waals surface area contributed by atoms with Crippen molar-refractivity contribution in [3.05, 3.63) is 48.0 Å². The van der Waals surface area contributed by atoms with Gasteiger partial charge >= 0.3 is 0 Å². The highest BCUT2D eigenvalue weighted by Gasteiger charge is 2.21. The number of nitrogens with one attached hydrogen (secondary N) is 1. The van der Waals surface area contributed by atoms with Gasteiger partial charge in [-0.25, -0.2) is 8.42 Å². The molecule has 1 aliphatic heterocycles. The number of benzene rings is 2. The van der Waals surface area contributed by atoms with Crippen LogP contribution in [0.25, 0.3) is 0 Å². The highest BCUT2D eigenvalue weighted by Crippen LogP contribution is 2.26. The zero-order chi connectivity index (χ0) is 23.1. The van der Waals surface area contributed by atoms with Crippen LogP contribution in [0.2, 0.25) is 0 Å². The normalized spacial score (nSPS) is 14.0. The zero-order valence-electron chi connectivity index (χ0n) is 18.8. The van der Waals surface area contributed by atoms with Crippen LogP contribution in [0, 0.1) is 0 Å². The number of nitrogens with zero attached hydrogens (tertiary/aromatic N) is 2. The Morgan fingerprint density at radius 1 is 1.03 bits per heavy atom. The molecule has 0 unspecified atom stereocenters. The minimum Gasteiger partial charge on any atom is -0.497 e. The summed E-state index contributed by atoms with van der Waals surface area (Å²) in [5.74, 6) is 0.0484. The fraction of sp³-hybridized carbons (Fsp3) is 0.435. The van der Waals surface area contributed by atoms with E-state index < -0.39 is 21.7 Å². The minimum atomic E-state index is -3.84. The number of piperidine rings is 1. The predicted octanol–water partition coefficient (Wildman–Crippen LogP) is 3.09. The molecular formula is C23H31N3O5S. The van der Waals surface area contributed by atoms with Gasteiger partial charge in [0, 0.05) is 49.7 Å². The molecule has 0 bridgehead atoms. The van der Waals surface area contributed by atoms with Gasteiger partial charge in [0.2, 0.25) is 15.9 Å². The molecule has 1 saturated heterocycles. The average molecular weight is 462 g/mol. The Morgan fingerprint density at radius 2 is 1.72 bits per heavy atom. The lowest BCUT2D eigenvalue weighted by Gasteiger charge is -2.28. The van der Waals surface area contributed by atoms with Gasteiger partial charge in [0.25, 0.3) is 0 Å². The van der Waals surface area contributed by atoms with Crippen molar-refractivity contribution in [2.24, 2.45) is 0 Å². The summed E-state index contributed by atoms with van der Waals surface area (Å²) in [7, 11) is 0.815. The second-order valence-electron chi connectivity index (χ2n) is 7.88. The lowest BCUT2D eigenvalue weighted by molar-refractivity contribution is -0.127. The van der Waals surface area contributed by atoms with Crippen LogP contribution in [-0.2, 0) is 21.4 Å². The van der Waals surface area contributed by atoms with E-state index >= 15 is 0 Å². The minimum absolute atomic E-state index is 0.214. The Labute approximate surface area is 190 Å². The van der Waals surface area contributed by atoms with E-state index in [0.29, 0.717) is 17.2 Å². The largest absolute Gasteiger partial charge is 0.497 e. The Hall–Kier alpha value is -2.94. The van der Waals surface area contributed by atoms with Crippen LogP contribution >= 0.6 is 0 Å². The Balaban J connectivity index is 1.59. The van der Waals surface area contributed by atoms with Gasteiger partial charge in [-0.2, -0.15) is 0 Å². The first-order valence-electron chi connectivity index (χ1n) is 10.6. The van der Waals surface area contributed by atoms with Crippen molar-refractivity contribution in [3.8, 4) is 11.5 Å². The van der Waals surface area contributed by atoms with Gasteiger partial charge in [-0.05, 0) is 55.7 Å². The van der Waals surface area contributed by atoms with E-state index in [0.717, 1.165) is 24.3 Å². The molecule has 1 amide bonds. The molecule has 2 aromatic carbocycles. The molecule has 1 aliphatic rings. The topological polar surface area (TPSA) is 88.2 Å². The molecule has 0 saturated carbocycles. The summed E-state index contributed by atoms with van der Waals surface area (Å²) in [4.78, 5) is 16.2. The third-order valence-corrected chi connectivity index (χ3v) is 6.68. The summed E-state index contributed by atoms with van der Waals surface area (Å²) in [6, 6.07) is 12.6. The molecule has 2 aromatic rings. The van der Waals surface area contributed by atoms with Gasteiger partial charge in [-0.1, -0.05) is 0 Å². The number of hydrogen-bond acceptors (Lipinski definition) is 6. The number of amides is 1. The first-order valence-corrected chi connectivity index (χ1v) is 12.3. The SMILES string of the molecule is COc1ccc(CN(C)C(=O)CS(=O)(=O)Nc2ccc(N3CCCCC3)cc2)c(OC)c1. The van der Waals surface area contributed by atoms with Gasteiger partial charge < -0.3 is 19.3 Å². The molecule has 8 nitrogen and oxygen atoms in total. The number of hydrogen-bond donors (Lipinski definition) is 1. The van der Waals surface area contributed by atoms with Crippen LogP contribution < -0.4 is 19.1 Å². The standard InChI is InChI=1S/C23H31N3O5S/c1-25(16-18-7-12-21(30-2)15-22(18)31-3)23(27)17-32(28,29)24-19-8-10-20(11-9-19)26-13-5-4-6-14-26/h7-12,15,24H,4-6,13-14,16-17H2,1-3H3. The molecule has 32 heavy (non-hydrogen) atoms. The van der Waals surface area contributed by atoms with E-state index in [2.05, 4.69) is 9.62 Å². The highest BCUT2D eigenvalue weighted by molar-refractivity contribution is 7.93. The Bertz CT molecular complexity index is 1020. The summed E-state index contributed by atoms with van der Waals surface area (Å²) in [5, 5.41) is 0. The second-order valence-corrected chi connectivity index (χ2v) is 9.61. The van der Waals surface area contributed by atoms with Crippen molar-refractivity contribution in [3.63, 3.8) is 0 Å². The second kappa shape index (κ2) is 10.6. The number of rotatable bonds is 9. The van der Waals surface area contributed by atoms with E-state index in [1.54, 1.807) is 44.5 Å². The van der Waals surface area contributed by atoms with Crippen LogP contribution in [0.5, 0.6) is 11.5 Å². The molecule has 0 aromatic heterocycles. The van der Waals surface area contributed by atoms with E-state index in [1.165, 1.54) is 31.3 Å². The van der Waals surface area contributed by atoms with Crippen molar-refractivity contribution >= 4 is 27.3 Å². The lowest BCUT2D eigenvalue weighted by atomic mass is 10.1. The van der Waals surface area contributed by atoms with Crippen LogP contribution in [0.1, 0.15) is 24.8 Å². The van der Waals surface area contributed by atoms with Crippen molar-refractivity contribution in [1.82, 2.24) is 4.90 Å². The lowest BCUT2D eigenvalue weighted by Crippen LogP contribution is -2.34. The van der Waals surface area contributed by atoms with Gasteiger partial charge in [0.1, 0.15) is 17.3 Å². The average Bonchev–Trinajstić information content (AvgIpc) is 2.79. The van der Waals surface area contributed by atoms with E-state index in [4.69, 9.17) is 9.47 Å². The molecule has 1 N–H and O–H groups in total. The molecule has 0 atom stereocenters. The summed E-state index contributed by atoms with van der Waals surface area (Å²) in [5.41, 5.74) is 2.28. The third-order valence-electron chi connectivity index (χ3n) is 5.50. The molecule has 174 valence electrons. The number of ether oxygens (including phenoxy) is 2. The Morgan fingerprint density at radius 3 is 2.34 bits per heavy atom. The maximum Gasteiger partial charge on any atom is 0.241 e. The Kier molecular flexibility index (Phi) is 7.84. The van der Waals surface area contributed by atoms with Crippen molar-refractivity contribution in [1.29, 1.82) is 0 Å². The number of sulfonamides is 1. The number of anilines is 2. The molecule has 3 rings (SSSR count). The number of carbonyl (C=O) groups excluding carboxylic acids is 1. The molecule has 1 fully saturated rings. The summed E-state index contributed by atoms with van der Waals surface area (Å²) in [6.07, 6.45) is 3.60. The third kappa shape index (κ3) is 6.29. The monoisotopic (exact) mass is 461 g/mol. The molecule has 0 radical (unpaired) electrons. The van der Waals surface area contributed by atoms with Crippen molar-refractivity contribution in [2.45, 2.75) is 25.8 Å². The molecule has 1 heterocycles. The fourth-order valence-corrected chi connectivity index (χ4v) is 4.82. The van der Waals surface area contributed by atoms with Crippen molar-refractivity contribution in [2.75, 3.05) is 49.7 Å². The summed E-state index contributed by atoms with van der Waals surface area (Å²) < 4.78 is 38.1. The molecule has 0 spiro atoms. The quantitative estimate of drug-likeness (QED) is 0.617.